The molecule has 1 heterocycles. The van der Waals surface area contributed by atoms with Crippen LogP contribution < -0.4 is 5.73 Å². The Balaban J connectivity index is 2.57. The lowest BCUT2D eigenvalue weighted by atomic mass is 10.1. The summed E-state index contributed by atoms with van der Waals surface area (Å²) in [6.07, 6.45) is 0. The first-order valence-corrected chi connectivity index (χ1v) is 5.08. The molecule has 0 aliphatic rings. The summed E-state index contributed by atoms with van der Waals surface area (Å²) in [4.78, 5) is 4.04. The predicted molar refractivity (Wildman–Crippen MR) is 56.9 cm³/mol. The summed E-state index contributed by atoms with van der Waals surface area (Å²) in [5.41, 5.74) is 8.46. The Morgan fingerprint density at radius 2 is 2.14 bits per heavy atom. The number of nitrogens with zero attached hydrogens (tertiary/aromatic N) is 1. The van der Waals surface area contributed by atoms with Crippen LogP contribution in [0.1, 0.15) is 0 Å². The number of halogens is 2. The SMILES string of the molecule is Nc1scnc1-c1cc(F)cc(Cl)c1. The molecule has 0 atom stereocenters. The zero-order valence-corrected chi connectivity index (χ0v) is 8.57. The van der Waals surface area contributed by atoms with Crippen LogP contribution in [0.2, 0.25) is 5.02 Å². The molecule has 0 unspecified atom stereocenters. The molecule has 0 fully saturated rings. The molecule has 72 valence electrons. The van der Waals surface area contributed by atoms with Gasteiger partial charge < -0.3 is 5.73 Å². The van der Waals surface area contributed by atoms with Crippen LogP contribution in [0, 0.1) is 5.82 Å². The summed E-state index contributed by atoms with van der Waals surface area (Å²) >= 11 is 7.03. The van der Waals surface area contributed by atoms with Gasteiger partial charge in [0, 0.05) is 10.6 Å². The predicted octanol–water partition coefficient (Wildman–Crippen LogP) is 3.18. The maximum absolute atomic E-state index is 13.0. The number of rotatable bonds is 1. The van der Waals surface area contributed by atoms with Crippen molar-refractivity contribution >= 4 is 27.9 Å². The third-order valence-corrected chi connectivity index (χ3v) is 2.61. The molecule has 2 aromatic rings. The lowest BCUT2D eigenvalue weighted by molar-refractivity contribution is 0.628. The topological polar surface area (TPSA) is 38.9 Å². The summed E-state index contributed by atoms with van der Waals surface area (Å²) in [6.45, 7) is 0. The number of hydrogen-bond donors (Lipinski definition) is 1. The van der Waals surface area contributed by atoms with Gasteiger partial charge in [0.05, 0.1) is 5.51 Å². The molecule has 0 saturated heterocycles. The molecule has 0 saturated carbocycles. The monoisotopic (exact) mass is 228 g/mol. The zero-order valence-electron chi connectivity index (χ0n) is 7.00. The Labute approximate surface area is 89.2 Å². The average Bonchev–Trinajstić information content (AvgIpc) is 2.49. The fourth-order valence-electron chi connectivity index (χ4n) is 1.16. The first kappa shape index (κ1) is 9.43. The van der Waals surface area contributed by atoms with Crippen molar-refractivity contribution in [3.8, 4) is 11.3 Å². The fourth-order valence-corrected chi connectivity index (χ4v) is 1.94. The normalized spacial score (nSPS) is 10.4. The third-order valence-electron chi connectivity index (χ3n) is 1.73. The van der Waals surface area contributed by atoms with Crippen molar-refractivity contribution in [3.63, 3.8) is 0 Å². The summed E-state index contributed by atoms with van der Waals surface area (Å²) < 4.78 is 13.0. The maximum Gasteiger partial charge on any atom is 0.125 e. The van der Waals surface area contributed by atoms with Gasteiger partial charge in [0.2, 0.25) is 0 Å². The highest BCUT2D eigenvalue weighted by atomic mass is 35.5. The van der Waals surface area contributed by atoms with E-state index in [-0.39, 0.29) is 5.82 Å². The van der Waals surface area contributed by atoms with Crippen molar-refractivity contribution in [2.24, 2.45) is 0 Å². The Morgan fingerprint density at radius 1 is 1.36 bits per heavy atom. The molecule has 2 rings (SSSR count). The Bertz CT molecular complexity index is 449. The van der Waals surface area contributed by atoms with Gasteiger partial charge in [0.15, 0.2) is 0 Å². The van der Waals surface area contributed by atoms with E-state index in [1.54, 1.807) is 11.6 Å². The molecule has 0 aliphatic heterocycles. The van der Waals surface area contributed by atoms with Gasteiger partial charge in [-0.3, -0.25) is 0 Å². The molecular weight excluding hydrogens is 223 g/mol. The smallest absolute Gasteiger partial charge is 0.125 e. The highest BCUT2D eigenvalue weighted by Gasteiger charge is 2.07. The molecule has 2 nitrogen and oxygen atoms in total. The quantitative estimate of drug-likeness (QED) is 0.814. The minimum atomic E-state index is -0.389. The van der Waals surface area contributed by atoms with E-state index in [1.807, 2.05) is 0 Å². The van der Waals surface area contributed by atoms with Crippen LogP contribution in [0.15, 0.2) is 23.7 Å². The lowest BCUT2D eigenvalue weighted by Gasteiger charge is -1.99. The molecule has 1 aromatic heterocycles. The van der Waals surface area contributed by atoms with E-state index in [2.05, 4.69) is 4.98 Å². The van der Waals surface area contributed by atoms with Gasteiger partial charge >= 0.3 is 0 Å². The number of thiazole rings is 1. The Morgan fingerprint density at radius 3 is 2.71 bits per heavy atom. The van der Waals surface area contributed by atoms with Crippen LogP contribution in [0.25, 0.3) is 11.3 Å². The number of aromatic nitrogens is 1. The van der Waals surface area contributed by atoms with Crippen LogP contribution >= 0.6 is 22.9 Å². The van der Waals surface area contributed by atoms with Gasteiger partial charge in [-0.05, 0) is 18.2 Å². The van der Waals surface area contributed by atoms with E-state index in [0.29, 0.717) is 21.3 Å². The number of hydrogen-bond acceptors (Lipinski definition) is 3. The molecule has 2 N–H and O–H groups in total. The third kappa shape index (κ3) is 1.71. The summed E-state index contributed by atoms with van der Waals surface area (Å²) in [6, 6.07) is 4.24. The number of nitrogen functional groups attached to an aromatic ring is 1. The van der Waals surface area contributed by atoms with E-state index >= 15 is 0 Å². The van der Waals surface area contributed by atoms with Crippen LogP contribution in [0.3, 0.4) is 0 Å². The highest BCUT2D eigenvalue weighted by Crippen LogP contribution is 2.29. The second kappa shape index (κ2) is 3.55. The van der Waals surface area contributed by atoms with Crippen LogP contribution in [-0.4, -0.2) is 4.98 Å². The second-order valence-electron chi connectivity index (χ2n) is 2.72. The number of benzene rings is 1. The zero-order chi connectivity index (χ0) is 10.1. The molecule has 0 spiro atoms. The van der Waals surface area contributed by atoms with Gasteiger partial charge in [-0.1, -0.05) is 11.6 Å². The summed E-state index contributed by atoms with van der Waals surface area (Å²) in [7, 11) is 0. The second-order valence-corrected chi connectivity index (χ2v) is 4.05. The van der Waals surface area contributed by atoms with Crippen molar-refractivity contribution in [1.82, 2.24) is 4.98 Å². The van der Waals surface area contributed by atoms with Gasteiger partial charge in [0.1, 0.15) is 16.5 Å². The van der Waals surface area contributed by atoms with Crippen LogP contribution in [0.5, 0.6) is 0 Å². The van der Waals surface area contributed by atoms with E-state index in [9.17, 15) is 4.39 Å². The van der Waals surface area contributed by atoms with Crippen molar-refractivity contribution in [1.29, 1.82) is 0 Å². The van der Waals surface area contributed by atoms with Crippen molar-refractivity contribution in [3.05, 3.63) is 34.5 Å². The van der Waals surface area contributed by atoms with Gasteiger partial charge in [-0.2, -0.15) is 0 Å². The van der Waals surface area contributed by atoms with Crippen LogP contribution in [-0.2, 0) is 0 Å². The van der Waals surface area contributed by atoms with Crippen molar-refractivity contribution in [2.45, 2.75) is 0 Å². The highest BCUT2D eigenvalue weighted by molar-refractivity contribution is 7.14. The molecule has 14 heavy (non-hydrogen) atoms. The Kier molecular flexibility index (Phi) is 2.39. The summed E-state index contributed by atoms with van der Waals surface area (Å²) in [5, 5.41) is 0.902. The first-order valence-electron chi connectivity index (χ1n) is 3.82. The minimum absolute atomic E-state index is 0.340. The van der Waals surface area contributed by atoms with Crippen LogP contribution in [0.4, 0.5) is 9.39 Å². The molecule has 0 amide bonds. The lowest BCUT2D eigenvalue weighted by Crippen LogP contribution is -1.86. The standard InChI is InChI=1S/C9H6ClFN2S/c10-6-1-5(2-7(11)3-6)8-9(12)14-4-13-8/h1-4H,12H2. The Hall–Kier alpha value is -1.13. The largest absolute Gasteiger partial charge is 0.389 e. The first-order chi connectivity index (χ1) is 6.66. The minimum Gasteiger partial charge on any atom is -0.389 e. The van der Waals surface area contributed by atoms with Gasteiger partial charge in [-0.25, -0.2) is 9.37 Å². The fraction of sp³-hybridized carbons (Fsp3) is 0. The summed E-state index contributed by atoms with van der Waals surface area (Å²) in [5.74, 6) is -0.389. The molecule has 5 heteroatoms. The van der Waals surface area contributed by atoms with E-state index < -0.39 is 0 Å². The van der Waals surface area contributed by atoms with Crippen molar-refractivity contribution in [2.75, 3.05) is 5.73 Å². The van der Waals surface area contributed by atoms with E-state index in [0.717, 1.165) is 0 Å². The van der Waals surface area contributed by atoms with Gasteiger partial charge in [-0.15, -0.1) is 11.3 Å². The molecule has 0 bridgehead atoms. The van der Waals surface area contributed by atoms with E-state index in [1.165, 1.54) is 23.5 Å². The molecule has 0 radical (unpaired) electrons. The number of nitrogens with two attached hydrogens (primary N) is 1. The van der Waals surface area contributed by atoms with E-state index in [4.69, 9.17) is 17.3 Å². The number of anilines is 1. The molecule has 1 aromatic carbocycles. The average molecular weight is 229 g/mol. The molecule has 0 aliphatic carbocycles. The van der Waals surface area contributed by atoms with Crippen molar-refractivity contribution < 1.29 is 4.39 Å². The molecular formula is C9H6ClFN2S. The van der Waals surface area contributed by atoms with Gasteiger partial charge in [0.25, 0.3) is 0 Å². The maximum atomic E-state index is 13.0.